The van der Waals surface area contributed by atoms with Gasteiger partial charge in [-0.25, -0.2) is 9.37 Å². The summed E-state index contributed by atoms with van der Waals surface area (Å²) < 4.78 is 18.2. The minimum absolute atomic E-state index is 0.0880. The van der Waals surface area contributed by atoms with Crippen LogP contribution in [0.3, 0.4) is 0 Å². The van der Waals surface area contributed by atoms with Crippen molar-refractivity contribution < 1.29 is 9.18 Å². The Hall–Kier alpha value is -2.84. The normalized spacial score (nSPS) is 14.6. The number of nitrogens with one attached hydrogen (secondary N) is 1. The number of rotatable bonds is 7. The molecular weight excluding hydrogens is 413 g/mol. The number of hydrogen-bond donors (Lipinski definition) is 1. The van der Waals surface area contributed by atoms with Gasteiger partial charge in [0, 0.05) is 57.2 Å². The van der Waals surface area contributed by atoms with E-state index in [1.54, 1.807) is 12.1 Å². The van der Waals surface area contributed by atoms with Crippen LogP contribution in [0.4, 0.5) is 9.52 Å². The third-order valence-electron chi connectivity index (χ3n) is 5.42. The molecule has 1 aromatic heterocycles. The van der Waals surface area contributed by atoms with Crippen molar-refractivity contribution in [2.75, 3.05) is 44.2 Å². The number of hydrogen-bond acceptors (Lipinski definition) is 6. The Balaban J connectivity index is 1.21. The van der Waals surface area contributed by atoms with Gasteiger partial charge >= 0.3 is 0 Å². The number of anilines is 1. The Labute approximate surface area is 185 Å². The minimum Gasteiger partial charge on any atom is -0.351 e. The molecule has 1 N–H and O–H groups in total. The number of halogens is 1. The summed E-state index contributed by atoms with van der Waals surface area (Å²) in [5.41, 5.74) is 2.56. The average molecular weight is 440 g/mol. The Bertz CT molecular complexity index is 1010. The molecule has 2 aromatic carbocycles. The Morgan fingerprint density at radius 2 is 1.84 bits per heavy atom. The lowest BCUT2D eigenvalue weighted by molar-refractivity contribution is 0.0943. The lowest BCUT2D eigenvalue weighted by atomic mass is 10.1. The first-order valence-corrected chi connectivity index (χ1v) is 11.2. The number of amides is 1. The summed E-state index contributed by atoms with van der Waals surface area (Å²) in [5, 5.41) is 3.77. The lowest BCUT2D eigenvalue weighted by Gasteiger charge is -2.34. The van der Waals surface area contributed by atoms with Crippen molar-refractivity contribution >= 4 is 22.6 Å². The largest absolute Gasteiger partial charge is 0.351 e. The van der Waals surface area contributed by atoms with Crippen molar-refractivity contribution in [1.29, 1.82) is 0 Å². The number of nitrogens with zero attached hydrogens (tertiary/aromatic N) is 4. The number of piperazine rings is 1. The molecule has 1 saturated heterocycles. The van der Waals surface area contributed by atoms with Gasteiger partial charge in [0.1, 0.15) is 11.6 Å². The highest BCUT2D eigenvalue weighted by atomic mass is 32.1. The van der Waals surface area contributed by atoms with E-state index in [0.29, 0.717) is 6.54 Å². The van der Waals surface area contributed by atoms with E-state index in [1.165, 1.54) is 34.8 Å². The van der Waals surface area contributed by atoms with E-state index in [-0.39, 0.29) is 11.5 Å². The number of carbonyl (C=O) groups excluding carboxylic acids is 1. The first-order chi connectivity index (χ1) is 15.1. The second kappa shape index (κ2) is 9.98. The first-order valence-electron chi connectivity index (χ1n) is 10.5. The van der Waals surface area contributed by atoms with Gasteiger partial charge in [-0.05, 0) is 24.6 Å². The predicted octanol–water partition coefficient (Wildman–Crippen LogP) is 3.13. The Morgan fingerprint density at radius 1 is 1.10 bits per heavy atom. The average Bonchev–Trinajstić information content (AvgIpc) is 3.24. The van der Waals surface area contributed by atoms with Gasteiger partial charge in [-0.3, -0.25) is 9.69 Å². The molecule has 0 spiro atoms. The van der Waals surface area contributed by atoms with Crippen LogP contribution >= 0.6 is 11.5 Å². The van der Waals surface area contributed by atoms with Crippen LogP contribution in [0.5, 0.6) is 0 Å². The van der Waals surface area contributed by atoms with Gasteiger partial charge in [0.25, 0.3) is 5.91 Å². The summed E-state index contributed by atoms with van der Waals surface area (Å²) in [4.78, 5) is 21.4. The molecule has 1 amide bonds. The number of carbonyl (C=O) groups is 1. The molecule has 0 atom stereocenters. The molecule has 162 valence electrons. The van der Waals surface area contributed by atoms with Gasteiger partial charge in [0.15, 0.2) is 0 Å². The Morgan fingerprint density at radius 3 is 2.58 bits per heavy atom. The highest BCUT2D eigenvalue weighted by molar-refractivity contribution is 7.09. The zero-order valence-electron chi connectivity index (χ0n) is 17.6. The fraction of sp³-hybridized carbons (Fsp3) is 0.348. The van der Waals surface area contributed by atoms with Crippen LogP contribution in [0.15, 0.2) is 48.5 Å². The van der Waals surface area contributed by atoms with E-state index < -0.39 is 5.82 Å². The highest BCUT2D eigenvalue weighted by Gasteiger charge is 2.20. The van der Waals surface area contributed by atoms with Crippen LogP contribution in [0.2, 0.25) is 0 Å². The van der Waals surface area contributed by atoms with Gasteiger partial charge in [0.05, 0.1) is 5.56 Å². The number of aryl methyl sites for hydroxylation is 1. The number of aromatic nitrogens is 2. The lowest BCUT2D eigenvalue weighted by Crippen LogP contribution is -2.48. The van der Waals surface area contributed by atoms with Gasteiger partial charge in [-0.15, -0.1) is 0 Å². The second-order valence-electron chi connectivity index (χ2n) is 7.72. The molecule has 0 radical (unpaired) electrons. The molecule has 1 aliphatic rings. The van der Waals surface area contributed by atoms with E-state index in [1.807, 2.05) is 0 Å². The maximum Gasteiger partial charge on any atom is 0.254 e. The third-order valence-corrected chi connectivity index (χ3v) is 6.23. The molecule has 8 heteroatoms. The third kappa shape index (κ3) is 5.65. The zero-order valence-corrected chi connectivity index (χ0v) is 18.4. The van der Waals surface area contributed by atoms with Crippen molar-refractivity contribution in [1.82, 2.24) is 19.6 Å². The summed E-state index contributed by atoms with van der Waals surface area (Å²) in [5.74, 6) is 0.00117. The SMILES string of the molecule is Cc1ccc(Cc2nsc(N3CCN(CCNC(=O)c4ccccc4F)CC3)n2)cc1. The van der Waals surface area contributed by atoms with Crippen molar-refractivity contribution in [3.63, 3.8) is 0 Å². The van der Waals surface area contributed by atoms with Crippen LogP contribution in [-0.4, -0.2) is 59.4 Å². The maximum atomic E-state index is 13.7. The standard InChI is InChI=1S/C23H26FN5OS/c1-17-6-8-18(9-7-17)16-21-26-23(31-27-21)29-14-12-28(13-15-29)11-10-25-22(30)19-4-2-3-5-20(19)24/h2-9H,10-16H2,1H3,(H,25,30). The number of benzene rings is 2. The fourth-order valence-corrected chi connectivity index (χ4v) is 4.30. The molecule has 31 heavy (non-hydrogen) atoms. The minimum atomic E-state index is -0.493. The highest BCUT2D eigenvalue weighted by Crippen LogP contribution is 2.20. The van der Waals surface area contributed by atoms with E-state index in [4.69, 9.17) is 4.98 Å². The molecule has 0 bridgehead atoms. The van der Waals surface area contributed by atoms with Crippen LogP contribution < -0.4 is 10.2 Å². The van der Waals surface area contributed by atoms with Crippen molar-refractivity contribution in [3.8, 4) is 0 Å². The van der Waals surface area contributed by atoms with Gasteiger partial charge in [-0.1, -0.05) is 42.0 Å². The fourth-order valence-electron chi connectivity index (χ4n) is 3.56. The van der Waals surface area contributed by atoms with Gasteiger partial charge in [0.2, 0.25) is 5.13 Å². The summed E-state index contributed by atoms with van der Waals surface area (Å²) in [6.45, 7) is 6.85. The van der Waals surface area contributed by atoms with E-state index in [0.717, 1.165) is 50.1 Å². The summed E-state index contributed by atoms with van der Waals surface area (Å²) >= 11 is 1.45. The molecular formula is C23H26FN5OS. The molecule has 1 fully saturated rings. The first kappa shape index (κ1) is 21.4. The van der Waals surface area contributed by atoms with Crippen molar-refractivity contribution in [2.24, 2.45) is 0 Å². The maximum absolute atomic E-state index is 13.7. The Kier molecular flexibility index (Phi) is 6.89. The van der Waals surface area contributed by atoms with Crippen LogP contribution in [0.25, 0.3) is 0 Å². The molecule has 0 saturated carbocycles. The van der Waals surface area contributed by atoms with Crippen LogP contribution in [0.1, 0.15) is 27.3 Å². The topological polar surface area (TPSA) is 61.4 Å². The quantitative estimate of drug-likeness (QED) is 0.613. The molecule has 3 aromatic rings. The van der Waals surface area contributed by atoms with Crippen molar-refractivity contribution in [3.05, 3.63) is 76.9 Å². The summed E-state index contributed by atoms with van der Waals surface area (Å²) in [6, 6.07) is 14.5. The monoisotopic (exact) mass is 439 g/mol. The predicted molar refractivity (Wildman–Crippen MR) is 121 cm³/mol. The molecule has 6 nitrogen and oxygen atoms in total. The zero-order chi connectivity index (χ0) is 21.6. The summed E-state index contributed by atoms with van der Waals surface area (Å²) in [6.07, 6.45) is 0.748. The van der Waals surface area contributed by atoms with Crippen LogP contribution in [0, 0.1) is 12.7 Å². The molecule has 0 unspecified atom stereocenters. The van der Waals surface area contributed by atoms with Gasteiger partial charge in [-0.2, -0.15) is 4.37 Å². The molecule has 2 heterocycles. The molecule has 4 rings (SSSR count). The molecule has 0 aliphatic carbocycles. The van der Waals surface area contributed by atoms with Crippen LogP contribution in [-0.2, 0) is 6.42 Å². The van der Waals surface area contributed by atoms with Crippen molar-refractivity contribution in [2.45, 2.75) is 13.3 Å². The smallest absolute Gasteiger partial charge is 0.254 e. The summed E-state index contributed by atoms with van der Waals surface area (Å²) in [7, 11) is 0. The molecule has 1 aliphatic heterocycles. The second-order valence-corrected chi connectivity index (χ2v) is 8.45. The van der Waals surface area contributed by atoms with E-state index in [2.05, 4.69) is 50.7 Å². The van der Waals surface area contributed by atoms with Gasteiger partial charge < -0.3 is 10.2 Å². The van der Waals surface area contributed by atoms with E-state index >= 15 is 0 Å². The van der Waals surface area contributed by atoms with E-state index in [9.17, 15) is 9.18 Å².